The van der Waals surface area contributed by atoms with Gasteiger partial charge in [0.1, 0.15) is 11.6 Å². The molecule has 0 saturated carbocycles. The van der Waals surface area contributed by atoms with Crippen molar-refractivity contribution in [1.29, 1.82) is 0 Å². The van der Waals surface area contributed by atoms with E-state index in [2.05, 4.69) is 15.2 Å². The minimum absolute atomic E-state index is 0.126. The lowest BCUT2D eigenvalue weighted by molar-refractivity contribution is 0.137. The number of aliphatic hydroxyl groups is 1. The predicted molar refractivity (Wildman–Crippen MR) is 93.2 cm³/mol. The summed E-state index contributed by atoms with van der Waals surface area (Å²) in [5.74, 6) is 0.653. The van der Waals surface area contributed by atoms with Gasteiger partial charge in [-0.15, -0.1) is 0 Å². The van der Waals surface area contributed by atoms with E-state index in [0.29, 0.717) is 25.2 Å². The third-order valence-electron chi connectivity index (χ3n) is 4.74. The largest absolute Gasteiger partial charge is 0.391 e. The summed E-state index contributed by atoms with van der Waals surface area (Å²) in [5.41, 5.74) is 2.57. The van der Waals surface area contributed by atoms with Crippen LogP contribution >= 0.6 is 0 Å². The fourth-order valence-corrected chi connectivity index (χ4v) is 3.50. The Labute approximate surface area is 150 Å². The highest BCUT2D eigenvalue weighted by atomic mass is 19.1. The quantitative estimate of drug-likeness (QED) is 0.760. The van der Waals surface area contributed by atoms with Crippen molar-refractivity contribution in [3.05, 3.63) is 65.6 Å². The van der Waals surface area contributed by atoms with Crippen LogP contribution in [0.5, 0.6) is 0 Å². The summed E-state index contributed by atoms with van der Waals surface area (Å²) in [5, 5.41) is 18.6. The molecular formula is C19H21FN4O2. The number of rotatable bonds is 5. The fraction of sp³-hybridized carbons (Fsp3) is 0.368. The first kappa shape index (κ1) is 16.9. The number of benzene rings is 1. The third-order valence-corrected chi connectivity index (χ3v) is 4.74. The maximum Gasteiger partial charge on any atom is 0.137 e. The van der Waals surface area contributed by atoms with Crippen molar-refractivity contribution >= 4 is 0 Å². The Balaban J connectivity index is 1.39. The average Bonchev–Trinajstić information content (AvgIpc) is 3.30. The van der Waals surface area contributed by atoms with E-state index >= 15 is 0 Å². The second kappa shape index (κ2) is 7.01. The van der Waals surface area contributed by atoms with Crippen molar-refractivity contribution in [2.24, 2.45) is 5.92 Å². The maximum atomic E-state index is 13.4. The normalized spacial score (nSPS) is 20.7. The van der Waals surface area contributed by atoms with E-state index in [9.17, 15) is 9.50 Å². The zero-order valence-corrected chi connectivity index (χ0v) is 14.5. The predicted octanol–water partition coefficient (Wildman–Crippen LogP) is 2.34. The zero-order valence-electron chi connectivity index (χ0n) is 14.5. The van der Waals surface area contributed by atoms with E-state index in [1.807, 2.05) is 25.3 Å². The van der Waals surface area contributed by atoms with Crippen LogP contribution in [0.15, 0.2) is 47.2 Å². The minimum Gasteiger partial charge on any atom is -0.391 e. The first-order valence-electron chi connectivity index (χ1n) is 8.69. The highest BCUT2D eigenvalue weighted by Crippen LogP contribution is 2.23. The van der Waals surface area contributed by atoms with Crippen molar-refractivity contribution in [3.63, 3.8) is 0 Å². The smallest absolute Gasteiger partial charge is 0.137 e. The number of aromatic nitrogens is 3. The van der Waals surface area contributed by atoms with Crippen molar-refractivity contribution in [1.82, 2.24) is 19.8 Å². The number of aliphatic hydroxyl groups excluding tert-OH is 1. The Morgan fingerprint density at radius 1 is 1.31 bits per heavy atom. The number of halogens is 1. The van der Waals surface area contributed by atoms with E-state index in [1.165, 1.54) is 12.1 Å². The molecule has 2 atom stereocenters. The number of hydrogen-bond acceptors (Lipinski definition) is 5. The lowest BCUT2D eigenvalue weighted by Crippen LogP contribution is -2.21. The summed E-state index contributed by atoms with van der Waals surface area (Å²) in [7, 11) is 0. The van der Waals surface area contributed by atoms with Gasteiger partial charge < -0.3 is 9.63 Å². The Morgan fingerprint density at radius 2 is 2.19 bits per heavy atom. The summed E-state index contributed by atoms with van der Waals surface area (Å²) in [6.07, 6.45) is 3.97. The molecule has 1 aromatic carbocycles. The summed E-state index contributed by atoms with van der Waals surface area (Å²) in [6.45, 7) is 3.98. The molecule has 7 heteroatoms. The number of β-amino-alcohol motifs (C(OH)–C–C–N with tert-alkyl or cyclic N) is 1. The van der Waals surface area contributed by atoms with Crippen LogP contribution in [0.2, 0.25) is 0 Å². The SMILES string of the molecule is Cc1cc(C[C@@H]2CN(Cc3cnn(-c4cccc(F)c4)c3)C[C@@H]2O)on1. The van der Waals surface area contributed by atoms with Gasteiger partial charge in [0, 0.05) is 49.8 Å². The molecule has 3 aromatic rings. The molecule has 0 radical (unpaired) electrons. The monoisotopic (exact) mass is 356 g/mol. The van der Waals surface area contributed by atoms with Crippen LogP contribution in [0.1, 0.15) is 17.0 Å². The number of nitrogens with zero attached hydrogens (tertiary/aromatic N) is 4. The van der Waals surface area contributed by atoms with E-state index in [1.54, 1.807) is 16.9 Å². The third kappa shape index (κ3) is 3.68. The van der Waals surface area contributed by atoms with Gasteiger partial charge in [-0.25, -0.2) is 9.07 Å². The molecule has 0 aliphatic carbocycles. The van der Waals surface area contributed by atoms with Crippen molar-refractivity contribution in [2.45, 2.75) is 26.0 Å². The lowest BCUT2D eigenvalue weighted by Gasteiger charge is -2.13. The molecule has 1 aliphatic rings. The number of likely N-dealkylation sites (tertiary alicyclic amines) is 1. The number of hydrogen-bond donors (Lipinski definition) is 1. The summed E-state index contributed by atoms with van der Waals surface area (Å²) in [4.78, 5) is 2.20. The average molecular weight is 356 g/mol. The van der Waals surface area contributed by atoms with Crippen LogP contribution in [-0.2, 0) is 13.0 Å². The molecule has 136 valence electrons. The topological polar surface area (TPSA) is 67.3 Å². The van der Waals surface area contributed by atoms with Gasteiger partial charge in [-0.1, -0.05) is 11.2 Å². The van der Waals surface area contributed by atoms with Crippen LogP contribution in [0, 0.1) is 18.7 Å². The molecule has 0 amide bonds. The maximum absolute atomic E-state index is 13.4. The Hall–Kier alpha value is -2.51. The molecule has 6 nitrogen and oxygen atoms in total. The summed E-state index contributed by atoms with van der Waals surface area (Å²) in [6, 6.07) is 8.26. The molecule has 1 aliphatic heterocycles. The molecule has 0 bridgehead atoms. The molecule has 1 fully saturated rings. The van der Waals surface area contributed by atoms with E-state index in [0.717, 1.165) is 23.6 Å². The van der Waals surface area contributed by atoms with Crippen molar-refractivity contribution < 1.29 is 14.0 Å². The standard InChI is InChI=1S/C19H21FN4O2/c1-13-5-18(26-22-13)6-15-11-23(12-19(15)25)9-14-8-21-24(10-14)17-4-2-3-16(20)7-17/h2-5,7-8,10,15,19,25H,6,9,11-12H2,1H3/t15-,19+/m1/s1. The molecule has 2 aromatic heterocycles. The molecule has 26 heavy (non-hydrogen) atoms. The van der Waals surface area contributed by atoms with Gasteiger partial charge in [-0.2, -0.15) is 5.10 Å². The lowest BCUT2D eigenvalue weighted by atomic mass is 10.0. The Bertz CT molecular complexity index is 891. The molecule has 1 saturated heterocycles. The van der Waals surface area contributed by atoms with Gasteiger partial charge >= 0.3 is 0 Å². The van der Waals surface area contributed by atoms with Crippen LogP contribution in [-0.4, -0.2) is 44.1 Å². The Kier molecular flexibility index (Phi) is 4.57. The van der Waals surface area contributed by atoms with E-state index < -0.39 is 6.10 Å². The van der Waals surface area contributed by atoms with Crippen LogP contribution in [0.25, 0.3) is 5.69 Å². The molecule has 0 unspecified atom stereocenters. The zero-order chi connectivity index (χ0) is 18.1. The van der Waals surface area contributed by atoms with E-state index in [-0.39, 0.29) is 11.7 Å². The van der Waals surface area contributed by atoms with Crippen LogP contribution in [0.3, 0.4) is 0 Å². The van der Waals surface area contributed by atoms with Gasteiger partial charge in [-0.05, 0) is 25.1 Å². The van der Waals surface area contributed by atoms with Gasteiger partial charge in [-0.3, -0.25) is 4.90 Å². The molecule has 1 N–H and O–H groups in total. The first-order valence-corrected chi connectivity index (χ1v) is 8.69. The van der Waals surface area contributed by atoms with Crippen LogP contribution in [0.4, 0.5) is 4.39 Å². The molecular weight excluding hydrogens is 335 g/mol. The van der Waals surface area contributed by atoms with Gasteiger partial charge in [0.25, 0.3) is 0 Å². The number of aryl methyl sites for hydroxylation is 1. The van der Waals surface area contributed by atoms with Gasteiger partial charge in [0.15, 0.2) is 0 Å². The van der Waals surface area contributed by atoms with Crippen molar-refractivity contribution in [2.75, 3.05) is 13.1 Å². The van der Waals surface area contributed by atoms with Gasteiger partial charge in [0.05, 0.1) is 23.7 Å². The molecule has 0 spiro atoms. The second-order valence-electron chi connectivity index (χ2n) is 6.93. The first-order chi connectivity index (χ1) is 12.6. The summed E-state index contributed by atoms with van der Waals surface area (Å²) < 4.78 is 20.3. The van der Waals surface area contributed by atoms with E-state index in [4.69, 9.17) is 4.52 Å². The van der Waals surface area contributed by atoms with Crippen LogP contribution < -0.4 is 0 Å². The molecule has 4 rings (SSSR count). The molecule has 3 heterocycles. The summed E-state index contributed by atoms with van der Waals surface area (Å²) >= 11 is 0. The fourth-order valence-electron chi connectivity index (χ4n) is 3.50. The minimum atomic E-state index is -0.390. The highest BCUT2D eigenvalue weighted by Gasteiger charge is 2.32. The second-order valence-corrected chi connectivity index (χ2v) is 6.93. The Morgan fingerprint density at radius 3 is 2.96 bits per heavy atom. The van der Waals surface area contributed by atoms with Crippen molar-refractivity contribution in [3.8, 4) is 5.69 Å². The highest BCUT2D eigenvalue weighted by molar-refractivity contribution is 5.31. The van der Waals surface area contributed by atoms with Gasteiger partial charge in [0.2, 0.25) is 0 Å².